The summed E-state index contributed by atoms with van der Waals surface area (Å²) in [6.45, 7) is 3.55. The van der Waals surface area contributed by atoms with Crippen LogP contribution in [0.25, 0.3) is 0 Å². The van der Waals surface area contributed by atoms with Gasteiger partial charge in [0.2, 0.25) is 5.91 Å². The van der Waals surface area contributed by atoms with Gasteiger partial charge in [0.05, 0.1) is 6.07 Å². The summed E-state index contributed by atoms with van der Waals surface area (Å²) in [5, 5.41) is 12.1. The lowest BCUT2D eigenvalue weighted by atomic mass is 10.1. The van der Waals surface area contributed by atoms with Crippen molar-refractivity contribution in [1.82, 2.24) is 5.32 Å². The molecule has 0 aliphatic carbocycles. The van der Waals surface area contributed by atoms with Crippen LogP contribution < -0.4 is 5.32 Å². The second-order valence-electron chi connectivity index (χ2n) is 3.75. The Balaban J connectivity index is 2.89. The van der Waals surface area contributed by atoms with Gasteiger partial charge in [0.1, 0.15) is 6.04 Å². The summed E-state index contributed by atoms with van der Waals surface area (Å²) in [5.41, 5.74) is 0.626. The van der Waals surface area contributed by atoms with Gasteiger partial charge in [0, 0.05) is 16.5 Å². The van der Waals surface area contributed by atoms with Crippen LogP contribution in [0.5, 0.6) is 0 Å². The van der Waals surface area contributed by atoms with Crippen molar-refractivity contribution >= 4 is 17.5 Å². The first-order valence-electron chi connectivity index (χ1n) is 5.00. The van der Waals surface area contributed by atoms with E-state index >= 15 is 0 Å². The van der Waals surface area contributed by atoms with Crippen LogP contribution in [0.3, 0.4) is 0 Å². The second kappa shape index (κ2) is 5.53. The molecule has 0 saturated carbocycles. The minimum Gasteiger partial charge on any atom is -0.336 e. The van der Waals surface area contributed by atoms with Gasteiger partial charge >= 0.3 is 0 Å². The molecule has 1 aromatic rings. The zero-order valence-electron chi connectivity index (χ0n) is 9.20. The van der Waals surface area contributed by atoms with E-state index < -0.39 is 6.04 Å². The highest BCUT2D eigenvalue weighted by atomic mass is 35.5. The van der Waals surface area contributed by atoms with E-state index in [1.807, 2.05) is 6.07 Å². The molecule has 0 fully saturated rings. The first-order chi connectivity index (χ1) is 7.56. The van der Waals surface area contributed by atoms with Crippen molar-refractivity contribution in [2.75, 3.05) is 0 Å². The number of nitrogens with one attached hydrogen (secondary N) is 1. The molecule has 0 spiro atoms. The van der Waals surface area contributed by atoms with E-state index in [1.54, 1.807) is 38.1 Å². The molecule has 0 aliphatic heterocycles. The van der Waals surface area contributed by atoms with Gasteiger partial charge in [-0.05, 0) is 6.07 Å². The van der Waals surface area contributed by atoms with Crippen molar-refractivity contribution in [3.63, 3.8) is 0 Å². The predicted octanol–water partition coefficient (Wildman–Crippen LogP) is 2.68. The Labute approximate surface area is 100 Å². The highest BCUT2D eigenvalue weighted by Crippen LogP contribution is 2.22. The van der Waals surface area contributed by atoms with Crippen LogP contribution >= 0.6 is 11.6 Å². The smallest absolute Gasteiger partial charge is 0.223 e. The molecule has 0 aliphatic rings. The first-order valence-corrected chi connectivity index (χ1v) is 5.38. The standard InChI is InChI=1S/C12H13ClN2O/c1-8(2)12(16)15-11(7-14)9-5-3-4-6-10(9)13/h3-6,8,11H,1-2H3,(H,15,16). The highest BCUT2D eigenvalue weighted by molar-refractivity contribution is 6.31. The predicted molar refractivity (Wildman–Crippen MR) is 62.8 cm³/mol. The summed E-state index contributed by atoms with van der Waals surface area (Å²) in [6, 6.07) is 8.33. The number of rotatable bonds is 3. The number of hydrogen-bond acceptors (Lipinski definition) is 2. The summed E-state index contributed by atoms with van der Waals surface area (Å²) in [7, 11) is 0. The largest absolute Gasteiger partial charge is 0.336 e. The minimum absolute atomic E-state index is 0.154. The summed E-state index contributed by atoms with van der Waals surface area (Å²) >= 11 is 5.96. The molecule has 0 saturated heterocycles. The van der Waals surface area contributed by atoms with Crippen LogP contribution in [0.2, 0.25) is 5.02 Å². The van der Waals surface area contributed by atoms with Gasteiger partial charge in [0.15, 0.2) is 0 Å². The highest BCUT2D eigenvalue weighted by Gasteiger charge is 2.17. The molecule has 3 nitrogen and oxygen atoms in total. The number of benzene rings is 1. The normalized spacial score (nSPS) is 11.9. The SMILES string of the molecule is CC(C)C(=O)NC(C#N)c1ccccc1Cl. The number of nitrogens with zero attached hydrogens (tertiary/aromatic N) is 1. The average molecular weight is 237 g/mol. The van der Waals surface area contributed by atoms with Crippen molar-refractivity contribution < 1.29 is 4.79 Å². The van der Waals surface area contributed by atoms with Gasteiger partial charge in [-0.25, -0.2) is 0 Å². The molecule has 16 heavy (non-hydrogen) atoms. The van der Waals surface area contributed by atoms with E-state index in [2.05, 4.69) is 5.32 Å². The van der Waals surface area contributed by atoms with Crippen LogP contribution in [0.1, 0.15) is 25.5 Å². The maximum absolute atomic E-state index is 11.5. The lowest BCUT2D eigenvalue weighted by Crippen LogP contribution is -2.31. The van der Waals surface area contributed by atoms with Crippen LogP contribution in [-0.4, -0.2) is 5.91 Å². The van der Waals surface area contributed by atoms with E-state index in [9.17, 15) is 4.79 Å². The van der Waals surface area contributed by atoms with Crippen LogP contribution in [0, 0.1) is 17.2 Å². The Kier molecular flexibility index (Phi) is 4.33. The third-order valence-corrected chi connectivity index (χ3v) is 2.50. The van der Waals surface area contributed by atoms with E-state index in [0.717, 1.165) is 0 Å². The number of carbonyl (C=O) groups excluding carboxylic acids is 1. The van der Waals surface area contributed by atoms with Crippen molar-refractivity contribution in [3.05, 3.63) is 34.9 Å². The molecule has 1 unspecified atom stereocenters. The molecule has 1 amide bonds. The average Bonchev–Trinajstić information content (AvgIpc) is 2.26. The maximum atomic E-state index is 11.5. The Morgan fingerprint density at radius 2 is 2.06 bits per heavy atom. The van der Waals surface area contributed by atoms with E-state index in [0.29, 0.717) is 10.6 Å². The van der Waals surface area contributed by atoms with Gasteiger partial charge in [0.25, 0.3) is 0 Å². The number of hydrogen-bond donors (Lipinski definition) is 1. The Morgan fingerprint density at radius 3 is 2.56 bits per heavy atom. The summed E-state index contributed by atoms with van der Waals surface area (Å²) in [4.78, 5) is 11.5. The zero-order chi connectivity index (χ0) is 12.1. The molecular weight excluding hydrogens is 224 g/mol. The molecule has 0 bridgehead atoms. The lowest BCUT2D eigenvalue weighted by molar-refractivity contribution is -0.124. The van der Waals surface area contributed by atoms with Crippen LogP contribution in [0.15, 0.2) is 24.3 Å². The Morgan fingerprint density at radius 1 is 1.44 bits per heavy atom. The van der Waals surface area contributed by atoms with Crippen molar-refractivity contribution in [2.45, 2.75) is 19.9 Å². The molecule has 0 aromatic heterocycles. The van der Waals surface area contributed by atoms with Crippen molar-refractivity contribution in [2.24, 2.45) is 5.92 Å². The fourth-order valence-electron chi connectivity index (χ4n) is 1.20. The molecule has 0 radical (unpaired) electrons. The van der Waals surface area contributed by atoms with Gasteiger partial charge < -0.3 is 5.32 Å². The molecule has 0 heterocycles. The topological polar surface area (TPSA) is 52.9 Å². The number of carbonyl (C=O) groups is 1. The molecular formula is C12H13ClN2O. The van der Waals surface area contributed by atoms with Gasteiger partial charge in [-0.3, -0.25) is 4.79 Å². The molecule has 84 valence electrons. The third kappa shape index (κ3) is 2.98. The fourth-order valence-corrected chi connectivity index (χ4v) is 1.44. The van der Waals surface area contributed by atoms with E-state index in [1.165, 1.54) is 0 Å². The van der Waals surface area contributed by atoms with Crippen LogP contribution in [0.4, 0.5) is 0 Å². The molecule has 1 N–H and O–H groups in total. The van der Waals surface area contributed by atoms with Gasteiger partial charge in [-0.15, -0.1) is 0 Å². The molecule has 1 aromatic carbocycles. The minimum atomic E-state index is -0.691. The number of amides is 1. The monoisotopic (exact) mass is 236 g/mol. The van der Waals surface area contributed by atoms with Gasteiger partial charge in [-0.1, -0.05) is 43.6 Å². The second-order valence-corrected chi connectivity index (χ2v) is 4.15. The Hall–Kier alpha value is -1.53. The third-order valence-electron chi connectivity index (χ3n) is 2.16. The molecule has 1 atom stereocenters. The van der Waals surface area contributed by atoms with Crippen molar-refractivity contribution in [3.8, 4) is 6.07 Å². The summed E-state index contributed by atoms with van der Waals surface area (Å²) < 4.78 is 0. The lowest BCUT2D eigenvalue weighted by Gasteiger charge is -2.14. The summed E-state index contributed by atoms with van der Waals surface area (Å²) in [6.07, 6.45) is 0. The molecule has 4 heteroatoms. The quantitative estimate of drug-likeness (QED) is 0.877. The molecule has 1 rings (SSSR count). The van der Waals surface area contributed by atoms with E-state index in [4.69, 9.17) is 16.9 Å². The zero-order valence-corrected chi connectivity index (χ0v) is 9.95. The van der Waals surface area contributed by atoms with Crippen LogP contribution in [-0.2, 0) is 4.79 Å². The maximum Gasteiger partial charge on any atom is 0.223 e. The van der Waals surface area contributed by atoms with Gasteiger partial charge in [-0.2, -0.15) is 5.26 Å². The fraction of sp³-hybridized carbons (Fsp3) is 0.333. The van der Waals surface area contributed by atoms with Crippen molar-refractivity contribution in [1.29, 1.82) is 5.26 Å². The number of nitriles is 1. The van der Waals surface area contributed by atoms with E-state index in [-0.39, 0.29) is 11.8 Å². The first kappa shape index (κ1) is 12.5. The Bertz CT molecular complexity index is 423. The summed E-state index contributed by atoms with van der Waals surface area (Å²) in [5.74, 6) is -0.315. The number of halogens is 1.